The van der Waals surface area contributed by atoms with Crippen LogP contribution in [-0.4, -0.2) is 26.9 Å². The van der Waals surface area contributed by atoms with E-state index in [1.807, 2.05) is 31.2 Å². The number of imide groups is 1. The molecular weight excluding hydrogens is 318 g/mol. The van der Waals surface area contributed by atoms with Crippen LogP contribution in [0.3, 0.4) is 0 Å². The highest BCUT2D eigenvalue weighted by atomic mass is 16.5. The largest absolute Gasteiger partial charge is 0.337 e. The van der Waals surface area contributed by atoms with Crippen molar-refractivity contribution in [3.63, 3.8) is 0 Å². The highest BCUT2D eigenvalue weighted by Gasteiger charge is 2.51. The first-order valence-corrected chi connectivity index (χ1v) is 8.82. The minimum atomic E-state index is -0.478. The minimum absolute atomic E-state index is 0.0622. The zero-order chi connectivity index (χ0) is 17.4. The molecule has 4 rings (SSSR count). The van der Waals surface area contributed by atoms with Crippen LogP contribution in [-0.2, 0) is 16.1 Å². The average Bonchev–Trinajstić information content (AvgIpc) is 3.16. The van der Waals surface area contributed by atoms with Gasteiger partial charge in [-0.3, -0.25) is 14.5 Å². The maximum Gasteiger partial charge on any atom is 0.247 e. The van der Waals surface area contributed by atoms with E-state index in [1.165, 1.54) is 4.90 Å². The van der Waals surface area contributed by atoms with Gasteiger partial charge in [0.1, 0.15) is 6.54 Å². The predicted molar refractivity (Wildman–Crippen MR) is 90.2 cm³/mol. The van der Waals surface area contributed by atoms with E-state index in [1.54, 1.807) is 0 Å². The van der Waals surface area contributed by atoms with E-state index in [0.717, 1.165) is 43.2 Å². The van der Waals surface area contributed by atoms with Gasteiger partial charge in [-0.15, -0.1) is 0 Å². The lowest BCUT2D eigenvalue weighted by molar-refractivity contribution is -0.143. The van der Waals surface area contributed by atoms with Crippen LogP contribution >= 0.6 is 0 Å². The van der Waals surface area contributed by atoms with Gasteiger partial charge in [-0.05, 0) is 25.3 Å². The summed E-state index contributed by atoms with van der Waals surface area (Å²) in [5.41, 5.74) is 1.46. The smallest absolute Gasteiger partial charge is 0.247 e. The van der Waals surface area contributed by atoms with Crippen molar-refractivity contribution in [2.75, 3.05) is 0 Å². The monoisotopic (exact) mass is 339 g/mol. The summed E-state index contributed by atoms with van der Waals surface area (Å²) in [5.74, 6) is 0.600. The number of likely N-dealkylation sites (tertiary alicyclic amines) is 1. The highest BCUT2D eigenvalue weighted by molar-refractivity contribution is 6.05. The number of hydrogen-bond acceptors (Lipinski definition) is 5. The molecule has 1 aliphatic heterocycles. The normalized spacial score (nSPS) is 19.8. The van der Waals surface area contributed by atoms with Crippen molar-refractivity contribution >= 4 is 11.8 Å². The van der Waals surface area contributed by atoms with E-state index in [9.17, 15) is 9.59 Å². The SMILES string of the molecule is Cc1ccccc1-c1noc(CN2C(=O)CC3(CCCCC3)C2=O)n1. The molecule has 1 spiro atoms. The molecule has 2 aromatic rings. The van der Waals surface area contributed by atoms with Crippen LogP contribution in [0.15, 0.2) is 28.8 Å². The Labute approximate surface area is 146 Å². The lowest BCUT2D eigenvalue weighted by atomic mass is 9.73. The molecule has 1 saturated heterocycles. The van der Waals surface area contributed by atoms with Gasteiger partial charge in [0.2, 0.25) is 23.5 Å². The molecule has 2 aliphatic rings. The third kappa shape index (κ3) is 2.75. The molecule has 2 amide bonds. The lowest BCUT2D eigenvalue weighted by Crippen LogP contribution is -2.36. The van der Waals surface area contributed by atoms with Gasteiger partial charge in [-0.25, -0.2) is 0 Å². The topological polar surface area (TPSA) is 76.3 Å². The predicted octanol–water partition coefficient (Wildman–Crippen LogP) is 3.25. The molecule has 1 aromatic heterocycles. The van der Waals surface area contributed by atoms with Crippen molar-refractivity contribution in [3.8, 4) is 11.4 Å². The van der Waals surface area contributed by atoms with E-state index >= 15 is 0 Å². The van der Waals surface area contributed by atoms with Crippen molar-refractivity contribution in [1.82, 2.24) is 15.0 Å². The van der Waals surface area contributed by atoms with Crippen molar-refractivity contribution in [3.05, 3.63) is 35.7 Å². The Hall–Kier alpha value is -2.50. The molecule has 1 saturated carbocycles. The summed E-state index contributed by atoms with van der Waals surface area (Å²) in [6.45, 7) is 2.05. The molecule has 0 N–H and O–H groups in total. The van der Waals surface area contributed by atoms with Gasteiger partial charge < -0.3 is 4.52 Å². The second-order valence-electron chi connectivity index (χ2n) is 7.13. The van der Waals surface area contributed by atoms with Crippen LogP contribution in [0, 0.1) is 12.3 Å². The number of carbonyl (C=O) groups is 2. The Kier molecular flexibility index (Phi) is 3.90. The summed E-state index contributed by atoms with van der Waals surface area (Å²) >= 11 is 0. The number of amides is 2. The Bertz CT molecular complexity index is 821. The maximum atomic E-state index is 12.8. The van der Waals surface area contributed by atoms with E-state index < -0.39 is 5.41 Å². The molecule has 2 fully saturated rings. The van der Waals surface area contributed by atoms with Crippen molar-refractivity contribution in [1.29, 1.82) is 0 Å². The fraction of sp³-hybridized carbons (Fsp3) is 0.474. The number of aryl methyl sites for hydroxylation is 1. The molecule has 1 aromatic carbocycles. The van der Waals surface area contributed by atoms with E-state index in [-0.39, 0.29) is 18.4 Å². The summed E-state index contributed by atoms with van der Waals surface area (Å²) in [7, 11) is 0. The number of rotatable bonds is 3. The zero-order valence-corrected chi connectivity index (χ0v) is 14.3. The number of nitrogens with zero attached hydrogens (tertiary/aromatic N) is 3. The first-order chi connectivity index (χ1) is 12.1. The molecule has 130 valence electrons. The molecule has 0 radical (unpaired) electrons. The summed E-state index contributed by atoms with van der Waals surface area (Å²) in [4.78, 5) is 30.9. The maximum absolute atomic E-state index is 12.8. The Morgan fingerprint density at radius 2 is 1.92 bits per heavy atom. The molecule has 0 atom stereocenters. The minimum Gasteiger partial charge on any atom is -0.337 e. The standard InChI is InChI=1S/C19H21N3O3/c1-13-7-3-4-8-14(13)17-20-15(25-21-17)12-22-16(23)11-19(18(22)24)9-5-2-6-10-19/h3-4,7-8H,2,5-6,9-12H2,1H3. The molecule has 2 heterocycles. The van der Waals surface area contributed by atoms with Crippen LogP contribution in [0.4, 0.5) is 0 Å². The van der Waals surface area contributed by atoms with Gasteiger partial charge in [-0.1, -0.05) is 48.7 Å². The van der Waals surface area contributed by atoms with Gasteiger partial charge in [0.05, 0.1) is 5.41 Å². The van der Waals surface area contributed by atoms with Crippen LogP contribution < -0.4 is 0 Å². The Balaban J connectivity index is 1.54. The van der Waals surface area contributed by atoms with Gasteiger partial charge >= 0.3 is 0 Å². The first-order valence-electron chi connectivity index (χ1n) is 8.82. The molecule has 1 aliphatic carbocycles. The van der Waals surface area contributed by atoms with Crippen LogP contribution in [0.5, 0.6) is 0 Å². The Morgan fingerprint density at radius 1 is 1.16 bits per heavy atom. The molecule has 6 heteroatoms. The van der Waals surface area contributed by atoms with Crippen molar-refractivity contribution < 1.29 is 14.1 Å². The first kappa shape index (κ1) is 16.0. The molecule has 0 unspecified atom stereocenters. The van der Waals surface area contributed by atoms with Crippen LogP contribution in [0.1, 0.15) is 50.0 Å². The number of hydrogen-bond donors (Lipinski definition) is 0. The third-order valence-electron chi connectivity index (χ3n) is 5.45. The van der Waals surface area contributed by atoms with Gasteiger partial charge in [0.15, 0.2) is 0 Å². The van der Waals surface area contributed by atoms with Crippen LogP contribution in [0.25, 0.3) is 11.4 Å². The summed E-state index contributed by atoms with van der Waals surface area (Å²) in [6.07, 6.45) is 5.13. The van der Waals surface area contributed by atoms with Crippen molar-refractivity contribution in [2.45, 2.75) is 52.0 Å². The van der Waals surface area contributed by atoms with E-state index in [2.05, 4.69) is 10.1 Å². The van der Waals surface area contributed by atoms with Gasteiger partial charge in [0, 0.05) is 12.0 Å². The molecule has 25 heavy (non-hydrogen) atoms. The summed E-state index contributed by atoms with van der Waals surface area (Å²) < 4.78 is 5.30. The third-order valence-corrected chi connectivity index (χ3v) is 5.45. The molecule has 6 nitrogen and oxygen atoms in total. The number of benzene rings is 1. The summed E-state index contributed by atoms with van der Waals surface area (Å²) in [5, 5.41) is 4.01. The van der Waals surface area contributed by atoms with Crippen LogP contribution in [0.2, 0.25) is 0 Å². The van der Waals surface area contributed by atoms with E-state index in [4.69, 9.17) is 4.52 Å². The quantitative estimate of drug-likeness (QED) is 0.802. The average molecular weight is 339 g/mol. The Morgan fingerprint density at radius 3 is 2.68 bits per heavy atom. The van der Waals surface area contributed by atoms with Crippen molar-refractivity contribution in [2.24, 2.45) is 5.41 Å². The lowest BCUT2D eigenvalue weighted by Gasteiger charge is -2.30. The van der Waals surface area contributed by atoms with Gasteiger partial charge in [-0.2, -0.15) is 4.98 Å². The second-order valence-corrected chi connectivity index (χ2v) is 7.13. The molecular formula is C19H21N3O3. The fourth-order valence-electron chi connectivity index (χ4n) is 4.03. The highest BCUT2D eigenvalue weighted by Crippen LogP contribution is 2.45. The number of aromatic nitrogens is 2. The fourth-order valence-corrected chi connectivity index (χ4v) is 4.03. The second kappa shape index (κ2) is 6.10. The summed E-state index contributed by atoms with van der Waals surface area (Å²) in [6, 6.07) is 7.77. The molecule has 0 bridgehead atoms. The van der Waals surface area contributed by atoms with E-state index in [0.29, 0.717) is 18.1 Å². The number of carbonyl (C=O) groups excluding carboxylic acids is 2. The van der Waals surface area contributed by atoms with Gasteiger partial charge in [0.25, 0.3) is 0 Å². The zero-order valence-electron chi connectivity index (χ0n) is 14.3.